The van der Waals surface area contributed by atoms with Crippen LogP contribution >= 0.6 is 12.2 Å². The largest absolute Gasteiger partial charge is 0.495 e. The van der Waals surface area contributed by atoms with E-state index in [-0.39, 0.29) is 10.7 Å². The smallest absolute Gasteiger partial charge is 0.241 e. The van der Waals surface area contributed by atoms with Crippen LogP contribution in [0.1, 0.15) is 0 Å². The number of benzene rings is 1. The van der Waals surface area contributed by atoms with Crippen LogP contribution in [0.15, 0.2) is 24.3 Å². The molecule has 5 nitrogen and oxygen atoms in total. The molecule has 0 atom stereocenters. The van der Waals surface area contributed by atoms with E-state index in [0.717, 1.165) is 4.31 Å². The summed E-state index contributed by atoms with van der Waals surface area (Å²) in [4.78, 5) is -0.0632. The molecular weight excluding hydrogens is 260 g/mol. The predicted octanol–water partition coefficient (Wildman–Crippen LogP) is 0.747. The summed E-state index contributed by atoms with van der Waals surface area (Å²) in [5, 5.41) is 0. The fraction of sp³-hybridized carbons (Fsp3) is 0.300. The Bertz CT molecular complexity index is 514. The first-order valence-corrected chi connectivity index (χ1v) is 6.78. The van der Waals surface area contributed by atoms with Crippen molar-refractivity contribution >= 4 is 32.9 Å². The molecule has 0 radical (unpaired) electrons. The monoisotopic (exact) mass is 274 g/mol. The first kappa shape index (κ1) is 13.7. The molecule has 7 heteroatoms. The Labute approximate surface area is 106 Å². The third kappa shape index (κ3) is 3.31. The topological polar surface area (TPSA) is 72.6 Å². The molecule has 0 spiro atoms. The molecule has 94 valence electrons. The molecule has 0 saturated carbocycles. The SMILES string of the molecule is COc1ccccc1N(C)S(=O)(=O)CC(N)=S. The normalized spacial score (nSPS) is 10.9. The van der Waals surface area contributed by atoms with Crippen molar-refractivity contribution in [3.05, 3.63) is 24.3 Å². The van der Waals surface area contributed by atoms with Crippen molar-refractivity contribution in [3.8, 4) is 5.75 Å². The van der Waals surface area contributed by atoms with E-state index in [1.165, 1.54) is 14.2 Å². The summed E-state index contributed by atoms with van der Waals surface area (Å²) in [5.74, 6) is 0.109. The van der Waals surface area contributed by atoms with Crippen LogP contribution in [-0.4, -0.2) is 33.3 Å². The van der Waals surface area contributed by atoms with Crippen LogP contribution in [0, 0.1) is 0 Å². The summed E-state index contributed by atoms with van der Waals surface area (Å²) in [6, 6.07) is 6.82. The molecule has 0 unspecified atom stereocenters. The minimum Gasteiger partial charge on any atom is -0.495 e. The third-order valence-corrected chi connectivity index (χ3v) is 4.20. The first-order valence-electron chi connectivity index (χ1n) is 4.76. The molecule has 0 bridgehead atoms. The standard InChI is InChI=1S/C10H14N2O3S2/c1-12(17(13,14)7-10(11)16)8-5-3-4-6-9(8)15-2/h3-6H,7H2,1-2H3,(H2,11,16). The Hall–Kier alpha value is -1.34. The Morgan fingerprint density at radius 2 is 2.06 bits per heavy atom. The maximum atomic E-state index is 11.9. The molecule has 0 aliphatic rings. The van der Waals surface area contributed by atoms with Gasteiger partial charge in [-0.3, -0.25) is 4.31 Å². The summed E-state index contributed by atoms with van der Waals surface area (Å²) in [6.45, 7) is 0. The van der Waals surface area contributed by atoms with Gasteiger partial charge in [-0.1, -0.05) is 24.4 Å². The highest BCUT2D eigenvalue weighted by atomic mass is 32.2. The summed E-state index contributed by atoms with van der Waals surface area (Å²) >= 11 is 4.61. The number of nitrogens with two attached hydrogens (primary N) is 1. The molecule has 0 fully saturated rings. The van der Waals surface area contributed by atoms with Crippen LogP contribution in [-0.2, 0) is 10.0 Å². The quantitative estimate of drug-likeness (QED) is 0.802. The minimum atomic E-state index is -3.56. The average molecular weight is 274 g/mol. The number of para-hydroxylation sites is 2. The van der Waals surface area contributed by atoms with Gasteiger partial charge in [-0.2, -0.15) is 0 Å². The zero-order chi connectivity index (χ0) is 13.1. The lowest BCUT2D eigenvalue weighted by molar-refractivity contribution is 0.416. The van der Waals surface area contributed by atoms with Crippen molar-refractivity contribution in [2.75, 3.05) is 24.2 Å². The number of anilines is 1. The van der Waals surface area contributed by atoms with Crippen LogP contribution in [0.5, 0.6) is 5.75 Å². The second-order valence-electron chi connectivity index (χ2n) is 3.36. The van der Waals surface area contributed by atoms with Crippen LogP contribution in [0.3, 0.4) is 0 Å². The second-order valence-corrected chi connectivity index (χ2v) is 5.89. The van der Waals surface area contributed by atoms with E-state index < -0.39 is 10.0 Å². The van der Waals surface area contributed by atoms with Crippen molar-refractivity contribution in [2.45, 2.75) is 0 Å². The van der Waals surface area contributed by atoms with Crippen molar-refractivity contribution in [2.24, 2.45) is 5.73 Å². The van der Waals surface area contributed by atoms with Gasteiger partial charge in [0.25, 0.3) is 0 Å². The van der Waals surface area contributed by atoms with E-state index in [4.69, 9.17) is 10.5 Å². The zero-order valence-electron chi connectivity index (χ0n) is 9.58. The van der Waals surface area contributed by atoms with Gasteiger partial charge < -0.3 is 10.5 Å². The van der Waals surface area contributed by atoms with Gasteiger partial charge in [0.2, 0.25) is 10.0 Å². The van der Waals surface area contributed by atoms with Crippen molar-refractivity contribution in [1.29, 1.82) is 0 Å². The van der Waals surface area contributed by atoms with E-state index in [2.05, 4.69) is 12.2 Å². The zero-order valence-corrected chi connectivity index (χ0v) is 11.2. The number of thiocarbonyl (C=S) groups is 1. The lowest BCUT2D eigenvalue weighted by atomic mass is 10.3. The van der Waals surface area contributed by atoms with Crippen molar-refractivity contribution in [1.82, 2.24) is 0 Å². The Balaban J connectivity index is 3.12. The first-order chi connectivity index (χ1) is 7.88. The highest BCUT2D eigenvalue weighted by Crippen LogP contribution is 2.28. The molecular formula is C10H14N2O3S2. The Kier molecular flexibility index (Phi) is 4.30. The van der Waals surface area contributed by atoms with Crippen LogP contribution in [0.2, 0.25) is 0 Å². The molecule has 0 aromatic heterocycles. The molecule has 0 aliphatic heterocycles. The molecule has 2 N–H and O–H groups in total. The maximum Gasteiger partial charge on any atom is 0.241 e. The number of hydrogen-bond acceptors (Lipinski definition) is 4. The number of ether oxygens (including phenoxy) is 1. The molecule has 1 aromatic carbocycles. The number of nitrogens with zero attached hydrogens (tertiary/aromatic N) is 1. The molecule has 0 saturated heterocycles. The van der Waals surface area contributed by atoms with Gasteiger partial charge in [-0.05, 0) is 12.1 Å². The van der Waals surface area contributed by atoms with E-state index in [9.17, 15) is 8.42 Å². The van der Waals surface area contributed by atoms with Gasteiger partial charge >= 0.3 is 0 Å². The van der Waals surface area contributed by atoms with Gasteiger partial charge in [0, 0.05) is 7.05 Å². The van der Waals surface area contributed by atoms with Crippen molar-refractivity contribution < 1.29 is 13.2 Å². The summed E-state index contributed by atoms with van der Waals surface area (Å²) in [7, 11) is -0.643. The lowest BCUT2D eigenvalue weighted by Gasteiger charge is -2.21. The molecule has 0 heterocycles. The number of methoxy groups -OCH3 is 1. The molecule has 17 heavy (non-hydrogen) atoms. The van der Waals surface area contributed by atoms with Crippen LogP contribution < -0.4 is 14.8 Å². The fourth-order valence-corrected chi connectivity index (χ4v) is 2.77. The van der Waals surface area contributed by atoms with Crippen LogP contribution in [0.4, 0.5) is 5.69 Å². The number of hydrogen-bond donors (Lipinski definition) is 1. The van der Waals surface area contributed by atoms with E-state index in [0.29, 0.717) is 11.4 Å². The third-order valence-electron chi connectivity index (χ3n) is 2.17. The van der Waals surface area contributed by atoms with Gasteiger partial charge in [-0.15, -0.1) is 0 Å². The number of sulfonamides is 1. The molecule has 1 rings (SSSR count). The average Bonchev–Trinajstić information content (AvgIpc) is 2.26. The molecule has 0 aliphatic carbocycles. The van der Waals surface area contributed by atoms with Gasteiger partial charge in [0.05, 0.1) is 17.8 Å². The van der Waals surface area contributed by atoms with Gasteiger partial charge in [0.15, 0.2) is 0 Å². The maximum absolute atomic E-state index is 11.9. The minimum absolute atomic E-state index is 0.0632. The second kappa shape index (κ2) is 5.33. The summed E-state index contributed by atoms with van der Waals surface area (Å²) in [5.41, 5.74) is 5.71. The summed E-state index contributed by atoms with van der Waals surface area (Å²) in [6.07, 6.45) is 0. The van der Waals surface area contributed by atoms with Gasteiger partial charge in [-0.25, -0.2) is 8.42 Å². The molecule has 0 amide bonds. The Morgan fingerprint density at radius 3 is 2.59 bits per heavy atom. The van der Waals surface area contributed by atoms with E-state index in [1.54, 1.807) is 24.3 Å². The molecule has 1 aromatic rings. The van der Waals surface area contributed by atoms with Crippen LogP contribution in [0.25, 0.3) is 0 Å². The lowest BCUT2D eigenvalue weighted by Crippen LogP contribution is -2.34. The highest BCUT2D eigenvalue weighted by Gasteiger charge is 2.21. The van der Waals surface area contributed by atoms with Crippen molar-refractivity contribution in [3.63, 3.8) is 0 Å². The number of rotatable bonds is 5. The summed E-state index contributed by atoms with van der Waals surface area (Å²) < 4.78 is 30.0. The van der Waals surface area contributed by atoms with E-state index in [1.807, 2.05) is 0 Å². The Morgan fingerprint density at radius 1 is 1.47 bits per heavy atom. The predicted molar refractivity (Wildman–Crippen MR) is 72.0 cm³/mol. The fourth-order valence-electron chi connectivity index (χ4n) is 1.32. The van der Waals surface area contributed by atoms with Gasteiger partial charge in [0.1, 0.15) is 11.5 Å². The highest BCUT2D eigenvalue weighted by molar-refractivity contribution is 7.95. The van der Waals surface area contributed by atoms with E-state index >= 15 is 0 Å².